The molecule has 0 aliphatic heterocycles. The molecule has 0 saturated heterocycles. The quantitative estimate of drug-likeness (QED) is 0.715. The van der Waals surface area contributed by atoms with Crippen LogP contribution in [0.3, 0.4) is 0 Å². The van der Waals surface area contributed by atoms with Gasteiger partial charge in [0.05, 0.1) is 0 Å². The van der Waals surface area contributed by atoms with Crippen LogP contribution in [0.1, 0.15) is 67.2 Å². The Labute approximate surface area is 111 Å². The highest BCUT2D eigenvalue weighted by atomic mass is 16.3. The van der Waals surface area contributed by atoms with Gasteiger partial charge in [0.25, 0.3) is 0 Å². The fourth-order valence-electron chi connectivity index (χ4n) is 5.31. The summed E-state index contributed by atoms with van der Waals surface area (Å²) in [5.74, 6) is 0.336. The minimum Gasteiger partial charge on any atom is -0.382 e. The number of hydrogen-bond donors (Lipinski definition) is 1. The average molecular weight is 252 g/mol. The van der Waals surface area contributed by atoms with Gasteiger partial charge in [-0.1, -0.05) is 34.6 Å². The lowest BCUT2D eigenvalue weighted by atomic mass is 9.49. The third-order valence-electron chi connectivity index (χ3n) is 5.49. The zero-order valence-electron chi connectivity index (χ0n) is 12.8. The van der Waals surface area contributed by atoms with Crippen LogP contribution in [0.4, 0.5) is 0 Å². The SMILES string of the molecule is C[C@@H]1CC(=O)[C@](C)(O)C12CC(C)(C)CC(C)(C)C2. The largest absolute Gasteiger partial charge is 0.382 e. The van der Waals surface area contributed by atoms with E-state index >= 15 is 0 Å². The Hall–Kier alpha value is -0.370. The van der Waals surface area contributed by atoms with E-state index in [1.54, 1.807) is 6.92 Å². The molecular weight excluding hydrogens is 224 g/mol. The van der Waals surface area contributed by atoms with E-state index in [1.807, 2.05) is 0 Å². The van der Waals surface area contributed by atoms with Gasteiger partial charge in [-0.2, -0.15) is 0 Å². The minimum atomic E-state index is -1.14. The average Bonchev–Trinajstić information content (AvgIpc) is 2.23. The molecule has 18 heavy (non-hydrogen) atoms. The van der Waals surface area contributed by atoms with Gasteiger partial charge in [0.15, 0.2) is 5.78 Å². The van der Waals surface area contributed by atoms with Crippen LogP contribution in [0.25, 0.3) is 0 Å². The third kappa shape index (κ3) is 1.84. The van der Waals surface area contributed by atoms with Crippen molar-refractivity contribution in [2.24, 2.45) is 22.2 Å². The molecule has 2 atom stereocenters. The molecule has 2 saturated carbocycles. The van der Waals surface area contributed by atoms with Gasteiger partial charge in [-0.15, -0.1) is 0 Å². The molecule has 0 heterocycles. The van der Waals surface area contributed by atoms with E-state index in [4.69, 9.17) is 0 Å². The molecule has 2 heteroatoms. The lowest BCUT2D eigenvalue weighted by Gasteiger charge is -2.56. The van der Waals surface area contributed by atoms with Crippen LogP contribution < -0.4 is 0 Å². The Bertz CT molecular complexity index is 361. The molecule has 2 fully saturated rings. The molecule has 0 bridgehead atoms. The molecule has 2 aliphatic rings. The topological polar surface area (TPSA) is 37.3 Å². The van der Waals surface area contributed by atoms with Crippen molar-refractivity contribution in [3.05, 3.63) is 0 Å². The van der Waals surface area contributed by atoms with Crippen molar-refractivity contribution in [3.8, 4) is 0 Å². The van der Waals surface area contributed by atoms with Gasteiger partial charge < -0.3 is 5.11 Å². The summed E-state index contributed by atoms with van der Waals surface area (Å²) in [6.07, 6.45) is 3.63. The number of ketones is 1. The third-order valence-corrected chi connectivity index (χ3v) is 5.49. The molecule has 0 aromatic rings. The number of Topliss-reactive ketones (excluding diaryl/α,β-unsaturated/α-hetero) is 1. The summed E-state index contributed by atoms with van der Waals surface area (Å²) in [6.45, 7) is 13.0. The molecule has 2 aliphatic carbocycles. The predicted molar refractivity (Wildman–Crippen MR) is 73.3 cm³/mol. The van der Waals surface area contributed by atoms with E-state index < -0.39 is 5.60 Å². The minimum absolute atomic E-state index is 0.0449. The number of hydrogen-bond acceptors (Lipinski definition) is 2. The first-order chi connectivity index (χ1) is 7.92. The number of carbonyl (C=O) groups excluding carboxylic acids is 1. The van der Waals surface area contributed by atoms with E-state index in [1.165, 1.54) is 6.42 Å². The highest BCUT2D eigenvalue weighted by Gasteiger charge is 2.64. The summed E-state index contributed by atoms with van der Waals surface area (Å²) in [4.78, 5) is 12.2. The van der Waals surface area contributed by atoms with E-state index in [0.717, 1.165) is 12.8 Å². The summed E-state index contributed by atoms with van der Waals surface area (Å²) in [6, 6.07) is 0. The van der Waals surface area contributed by atoms with Crippen LogP contribution in [0, 0.1) is 22.2 Å². The molecule has 0 radical (unpaired) electrons. The summed E-state index contributed by atoms with van der Waals surface area (Å²) < 4.78 is 0. The molecule has 0 aromatic heterocycles. The molecule has 1 spiro atoms. The van der Waals surface area contributed by atoms with Gasteiger partial charge in [-0.25, -0.2) is 0 Å². The Morgan fingerprint density at radius 1 is 1.00 bits per heavy atom. The van der Waals surface area contributed by atoms with Gasteiger partial charge in [-0.3, -0.25) is 4.79 Å². The van der Waals surface area contributed by atoms with Crippen molar-refractivity contribution >= 4 is 5.78 Å². The van der Waals surface area contributed by atoms with Gasteiger partial charge in [0.2, 0.25) is 0 Å². The van der Waals surface area contributed by atoms with Crippen LogP contribution in [0.5, 0.6) is 0 Å². The molecule has 0 aromatic carbocycles. The highest BCUT2D eigenvalue weighted by molar-refractivity contribution is 5.90. The van der Waals surface area contributed by atoms with Crippen LogP contribution in [0.15, 0.2) is 0 Å². The number of carbonyl (C=O) groups is 1. The van der Waals surface area contributed by atoms with E-state index in [0.29, 0.717) is 12.3 Å². The highest BCUT2D eigenvalue weighted by Crippen LogP contribution is 2.64. The zero-order chi connectivity index (χ0) is 14.0. The summed E-state index contributed by atoms with van der Waals surface area (Å²) >= 11 is 0. The van der Waals surface area contributed by atoms with E-state index in [2.05, 4.69) is 34.6 Å². The maximum Gasteiger partial charge on any atom is 0.164 e. The predicted octanol–water partition coefficient (Wildman–Crippen LogP) is 3.57. The van der Waals surface area contributed by atoms with Gasteiger partial charge in [0, 0.05) is 11.8 Å². The van der Waals surface area contributed by atoms with Crippen molar-refractivity contribution in [2.45, 2.75) is 72.8 Å². The summed E-state index contributed by atoms with van der Waals surface area (Å²) in [5, 5.41) is 10.8. The second-order valence-electron chi connectivity index (χ2n) is 8.62. The van der Waals surface area contributed by atoms with Crippen LogP contribution in [0.2, 0.25) is 0 Å². The van der Waals surface area contributed by atoms with Crippen molar-refractivity contribution in [2.75, 3.05) is 0 Å². The molecule has 2 nitrogen and oxygen atoms in total. The maximum atomic E-state index is 12.2. The van der Waals surface area contributed by atoms with Crippen molar-refractivity contribution in [1.29, 1.82) is 0 Å². The zero-order valence-corrected chi connectivity index (χ0v) is 12.8. The summed E-state index contributed by atoms with van der Waals surface area (Å²) in [5.41, 5.74) is -0.966. The molecule has 0 amide bonds. The van der Waals surface area contributed by atoms with Gasteiger partial charge in [0.1, 0.15) is 5.60 Å². The Morgan fingerprint density at radius 2 is 1.44 bits per heavy atom. The first kappa shape index (κ1) is 14.0. The normalized spacial score (nSPS) is 41.3. The van der Waals surface area contributed by atoms with Crippen LogP contribution in [-0.2, 0) is 4.79 Å². The molecule has 0 unspecified atom stereocenters. The Kier molecular flexibility index (Phi) is 2.80. The Morgan fingerprint density at radius 3 is 1.78 bits per heavy atom. The molecule has 1 N–H and O–H groups in total. The molecule has 2 rings (SSSR count). The smallest absolute Gasteiger partial charge is 0.164 e. The second kappa shape index (κ2) is 3.59. The second-order valence-corrected chi connectivity index (χ2v) is 8.62. The van der Waals surface area contributed by atoms with E-state index in [9.17, 15) is 9.90 Å². The van der Waals surface area contributed by atoms with Crippen LogP contribution >= 0.6 is 0 Å². The Balaban J connectivity index is 2.50. The monoisotopic (exact) mass is 252 g/mol. The fourth-order valence-corrected chi connectivity index (χ4v) is 5.31. The van der Waals surface area contributed by atoms with Crippen molar-refractivity contribution < 1.29 is 9.90 Å². The molecular formula is C16H28O2. The first-order valence-electron chi connectivity index (χ1n) is 7.18. The van der Waals surface area contributed by atoms with Crippen LogP contribution in [-0.4, -0.2) is 16.5 Å². The van der Waals surface area contributed by atoms with Crippen molar-refractivity contribution in [3.63, 3.8) is 0 Å². The number of rotatable bonds is 0. The van der Waals surface area contributed by atoms with Crippen molar-refractivity contribution in [1.82, 2.24) is 0 Å². The standard InChI is InChI=1S/C16H28O2/c1-11-7-12(17)15(6,18)16(11)9-13(2,3)8-14(4,5)10-16/h11,18H,7-10H2,1-6H3/t11-,15+/m1/s1. The fraction of sp³-hybridized carbons (Fsp3) is 0.938. The van der Waals surface area contributed by atoms with Gasteiger partial charge >= 0.3 is 0 Å². The lowest BCUT2D eigenvalue weighted by Crippen LogP contribution is -2.55. The number of aliphatic hydroxyl groups is 1. The maximum absolute atomic E-state index is 12.2. The summed E-state index contributed by atoms with van der Waals surface area (Å²) in [7, 11) is 0. The van der Waals surface area contributed by atoms with E-state index in [-0.39, 0.29) is 22.0 Å². The lowest BCUT2D eigenvalue weighted by molar-refractivity contribution is -0.159. The first-order valence-corrected chi connectivity index (χ1v) is 7.18. The van der Waals surface area contributed by atoms with Gasteiger partial charge in [-0.05, 0) is 42.9 Å². The molecule has 104 valence electrons.